The molecule has 1 radical (unpaired) electrons. The summed E-state index contributed by atoms with van der Waals surface area (Å²) in [6, 6.07) is 0. The van der Waals surface area contributed by atoms with Gasteiger partial charge in [0.1, 0.15) is 0 Å². The summed E-state index contributed by atoms with van der Waals surface area (Å²) in [5.74, 6) is 0. The zero-order valence-corrected chi connectivity index (χ0v) is 8.59. The third-order valence-corrected chi connectivity index (χ3v) is 2.26. The van der Waals surface area contributed by atoms with Crippen molar-refractivity contribution in [1.82, 2.24) is 10.6 Å². The van der Waals surface area contributed by atoms with Gasteiger partial charge in [-0.05, 0) is 13.0 Å². The van der Waals surface area contributed by atoms with Crippen LogP contribution in [0, 0.1) is 0 Å². The molecular formula is C10H21N2O. The second-order valence-corrected chi connectivity index (χ2v) is 3.53. The van der Waals surface area contributed by atoms with Crippen LogP contribution in [0.15, 0.2) is 0 Å². The fourth-order valence-corrected chi connectivity index (χ4v) is 1.46. The van der Waals surface area contributed by atoms with Gasteiger partial charge in [-0.15, -0.1) is 0 Å². The van der Waals surface area contributed by atoms with Crippen molar-refractivity contribution in [1.29, 1.82) is 0 Å². The molecule has 1 rings (SSSR count). The van der Waals surface area contributed by atoms with E-state index in [9.17, 15) is 0 Å². The first kappa shape index (κ1) is 11.0. The van der Waals surface area contributed by atoms with E-state index in [1.165, 1.54) is 19.3 Å². The molecule has 13 heavy (non-hydrogen) atoms. The number of unbranched alkanes of at least 4 members (excludes halogenated alkanes) is 2. The second kappa shape index (κ2) is 7.30. The highest BCUT2D eigenvalue weighted by Gasteiger charge is 2.12. The Hall–Kier alpha value is -0.120. The van der Waals surface area contributed by atoms with Crippen LogP contribution in [0.25, 0.3) is 0 Å². The average Bonchev–Trinajstić information content (AvgIpc) is 2.19. The Morgan fingerprint density at radius 2 is 2.38 bits per heavy atom. The molecule has 0 bridgehead atoms. The average molecular weight is 185 g/mol. The van der Waals surface area contributed by atoms with Gasteiger partial charge in [0.25, 0.3) is 0 Å². The Balaban J connectivity index is 1.86. The Bertz CT molecular complexity index is 113. The van der Waals surface area contributed by atoms with Crippen molar-refractivity contribution in [2.75, 3.05) is 32.8 Å². The van der Waals surface area contributed by atoms with Crippen LogP contribution >= 0.6 is 0 Å². The highest BCUT2D eigenvalue weighted by molar-refractivity contribution is 4.68. The molecule has 1 N–H and O–H groups in total. The zero-order valence-electron chi connectivity index (χ0n) is 8.59. The summed E-state index contributed by atoms with van der Waals surface area (Å²) in [6.07, 6.45) is 4.22. The van der Waals surface area contributed by atoms with Gasteiger partial charge in [-0.3, -0.25) is 0 Å². The molecule has 77 valence electrons. The minimum absolute atomic E-state index is 0.329. The first-order valence-electron chi connectivity index (χ1n) is 5.39. The third-order valence-electron chi connectivity index (χ3n) is 2.26. The highest BCUT2D eigenvalue weighted by Crippen LogP contribution is 1.96. The third kappa shape index (κ3) is 5.24. The van der Waals surface area contributed by atoms with Crippen molar-refractivity contribution in [2.24, 2.45) is 0 Å². The van der Waals surface area contributed by atoms with E-state index in [4.69, 9.17) is 4.74 Å². The summed E-state index contributed by atoms with van der Waals surface area (Å²) < 4.78 is 5.53. The quantitative estimate of drug-likeness (QED) is 0.620. The number of nitrogens with zero attached hydrogens (tertiary/aromatic N) is 1. The molecule has 3 nitrogen and oxygen atoms in total. The topological polar surface area (TPSA) is 35.4 Å². The van der Waals surface area contributed by atoms with Crippen molar-refractivity contribution in [3.8, 4) is 0 Å². The molecule has 1 aliphatic heterocycles. The van der Waals surface area contributed by atoms with E-state index in [1.54, 1.807) is 0 Å². The lowest BCUT2D eigenvalue weighted by molar-refractivity contribution is 0.0277. The highest BCUT2D eigenvalue weighted by atomic mass is 16.5. The number of hydrogen-bond acceptors (Lipinski definition) is 2. The van der Waals surface area contributed by atoms with E-state index in [2.05, 4.69) is 17.6 Å². The Kier molecular flexibility index (Phi) is 6.15. The van der Waals surface area contributed by atoms with Crippen LogP contribution in [-0.2, 0) is 4.74 Å². The fourth-order valence-electron chi connectivity index (χ4n) is 1.46. The molecule has 1 atom stereocenters. The molecular weight excluding hydrogens is 164 g/mol. The molecule has 0 aromatic rings. The van der Waals surface area contributed by atoms with Crippen molar-refractivity contribution < 1.29 is 4.74 Å². The van der Waals surface area contributed by atoms with Crippen molar-refractivity contribution in [3.63, 3.8) is 0 Å². The molecule has 1 aliphatic rings. The van der Waals surface area contributed by atoms with Crippen LogP contribution in [0.1, 0.15) is 26.2 Å². The van der Waals surface area contributed by atoms with Gasteiger partial charge in [-0.1, -0.05) is 19.8 Å². The van der Waals surface area contributed by atoms with Crippen LogP contribution in [0.3, 0.4) is 0 Å². The van der Waals surface area contributed by atoms with E-state index >= 15 is 0 Å². The van der Waals surface area contributed by atoms with Gasteiger partial charge in [0.05, 0.1) is 12.7 Å². The van der Waals surface area contributed by atoms with E-state index < -0.39 is 0 Å². The smallest absolute Gasteiger partial charge is 0.0840 e. The van der Waals surface area contributed by atoms with Crippen molar-refractivity contribution in [2.45, 2.75) is 32.3 Å². The summed E-state index contributed by atoms with van der Waals surface area (Å²) in [5.41, 5.74) is 0. The Morgan fingerprint density at radius 3 is 3.08 bits per heavy atom. The molecule has 1 fully saturated rings. The lowest BCUT2D eigenvalue weighted by Gasteiger charge is -2.22. The Labute approximate surface area is 81.2 Å². The molecule has 0 aromatic carbocycles. The first-order chi connectivity index (χ1) is 6.43. The summed E-state index contributed by atoms with van der Waals surface area (Å²) in [5, 5.41) is 7.71. The summed E-state index contributed by atoms with van der Waals surface area (Å²) in [4.78, 5) is 0. The van der Waals surface area contributed by atoms with Crippen molar-refractivity contribution in [3.05, 3.63) is 0 Å². The van der Waals surface area contributed by atoms with E-state index in [0.29, 0.717) is 6.10 Å². The lowest BCUT2D eigenvalue weighted by Crippen LogP contribution is -2.41. The van der Waals surface area contributed by atoms with Crippen molar-refractivity contribution >= 4 is 0 Å². The van der Waals surface area contributed by atoms with E-state index in [-0.39, 0.29) is 0 Å². The van der Waals surface area contributed by atoms with Crippen LogP contribution < -0.4 is 10.6 Å². The van der Waals surface area contributed by atoms with Gasteiger partial charge in [0.15, 0.2) is 0 Å². The molecule has 1 unspecified atom stereocenters. The summed E-state index contributed by atoms with van der Waals surface area (Å²) in [6.45, 7) is 6.87. The van der Waals surface area contributed by atoms with Gasteiger partial charge in [0.2, 0.25) is 0 Å². The van der Waals surface area contributed by atoms with Gasteiger partial charge < -0.3 is 10.1 Å². The van der Waals surface area contributed by atoms with Crippen LogP contribution in [0.4, 0.5) is 0 Å². The largest absolute Gasteiger partial charge is 0.374 e. The number of nitrogens with one attached hydrogen (secondary N) is 1. The van der Waals surface area contributed by atoms with Gasteiger partial charge in [0, 0.05) is 19.6 Å². The molecule has 0 spiro atoms. The summed E-state index contributed by atoms with van der Waals surface area (Å²) >= 11 is 0. The standard InChI is InChI=1S/C10H21N2O/c1-2-3-4-5-11-8-10-9-12-6-7-13-10/h10-11H,2-9H2,1H3. The minimum Gasteiger partial charge on any atom is -0.374 e. The summed E-state index contributed by atoms with van der Waals surface area (Å²) in [7, 11) is 0. The van der Waals surface area contributed by atoms with Crippen LogP contribution in [0.2, 0.25) is 0 Å². The Morgan fingerprint density at radius 1 is 1.46 bits per heavy atom. The number of morpholine rings is 1. The maximum Gasteiger partial charge on any atom is 0.0840 e. The SMILES string of the molecule is CCCCCNCC1C[N]CCO1. The number of rotatable bonds is 6. The molecule has 3 heteroatoms. The normalized spacial score (nSPS) is 23.3. The van der Waals surface area contributed by atoms with E-state index in [0.717, 1.165) is 32.8 Å². The van der Waals surface area contributed by atoms with Crippen LogP contribution in [0.5, 0.6) is 0 Å². The molecule has 1 heterocycles. The zero-order chi connectivity index (χ0) is 9.36. The molecule has 0 aromatic heterocycles. The monoisotopic (exact) mass is 185 g/mol. The molecule has 0 amide bonds. The van der Waals surface area contributed by atoms with E-state index in [1.807, 2.05) is 0 Å². The van der Waals surface area contributed by atoms with Gasteiger partial charge in [-0.2, -0.15) is 0 Å². The minimum atomic E-state index is 0.329. The fraction of sp³-hybridized carbons (Fsp3) is 1.00. The van der Waals surface area contributed by atoms with Gasteiger partial charge >= 0.3 is 0 Å². The molecule has 0 saturated carbocycles. The maximum atomic E-state index is 5.53. The predicted octanol–water partition coefficient (Wildman–Crippen LogP) is 0.769. The van der Waals surface area contributed by atoms with Gasteiger partial charge in [-0.25, -0.2) is 5.32 Å². The molecule has 0 aliphatic carbocycles. The maximum absolute atomic E-state index is 5.53. The number of ether oxygens (including phenoxy) is 1. The first-order valence-corrected chi connectivity index (χ1v) is 5.39. The lowest BCUT2D eigenvalue weighted by atomic mass is 10.2. The second-order valence-electron chi connectivity index (χ2n) is 3.53. The predicted molar refractivity (Wildman–Crippen MR) is 54.0 cm³/mol. The molecule has 1 saturated heterocycles. The van der Waals surface area contributed by atoms with Crippen LogP contribution in [-0.4, -0.2) is 38.9 Å². The number of hydrogen-bond donors (Lipinski definition) is 1.